The van der Waals surface area contributed by atoms with Gasteiger partial charge in [0.25, 0.3) is 0 Å². The number of aliphatic hydroxyl groups excluding tert-OH is 1. The molecule has 0 fully saturated rings. The number of hydrogen-bond acceptors (Lipinski definition) is 4. The monoisotopic (exact) mass is 683 g/mol. The molecule has 0 saturated heterocycles. The van der Waals surface area contributed by atoms with Crippen LogP contribution in [-0.2, 0) is 14.3 Å². The molecule has 1 unspecified atom stereocenters. The van der Waals surface area contributed by atoms with Crippen molar-refractivity contribution in [2.75, 3.05) is 19.8 Å². The number of aliphatic hydroxyl groups is 1. The van der Waals surface area contributed by atoms with Gasteiger partial charge in [-0.05, 0) is 83.5 Å². The molecule has 0 aliphatic rings. The first-order chi connectivity index (χ1) is 24.2. The fourth-order valence-corrected chi connectivity index (χ4v) is 5.47. The fourth-order valence-electron chi connectivity index (χ4n) is 5.47. The van der Waals surface area contributed by atoms with E-state index < -0.39 is 6.10 Å². The molecule has 282 valence electrons. The van der Waals surface area contributed by atoms with Crippen LogP contribution in [0.3, 0.4) is 0 Å². The number of allylic oxidation sites excluding steroid dienone is 12. The highest BCUT2D eigenvalue weighted by Gasteiger charge is 2.13. The van der Waals surface area contributed by atoms with Crippen molar-refractivity contribution in [1.29, 1.82) is 0 Å². The highest BCUT2D eigenvalue weighted by atomic mass is 16.6. The van der Waals surface area contributed by atoms with Gasteiger partial charge in [-0.3, -0.25) is 4.79 Å². The quantitative estimate of drug-likeness (QED) is 0.0402. The van der Waals surface area contributed by atoms with Gasteiger partial charge in [0.1, 0.15) is 6.10 Å². The highest BCUT2D eigenvalue weighted by Crippen LogP contribution is 2.13. The number of hydrogen-bond donors (Lipinski definition) is 1. The molecule has 0 aromatic rings. The van der Waals surface area contributed by atoms with Gasteiger partial charge in [0.2, 0.25) is 0 Å². The summed E-state index contributed by atoms with van der Waals surface area (Å²) in [4.78, 5) is 12.2. The number of rotatable bonds is 37. The Morgan fingerprint density at radius 2 is 0.918 bits per heavy atom. The van der Waals surface area contributed by atoms with Gasteiger partial charge in [0.05, 0.1) is 13.2 Å². The minimum absolute atomic E-state index is 0.193. The lowest BCUT2D eigenvalue weighted by Crippen LogP contribution is -2.27. The number of ether oxygens (including phenoxy) is 2. The van der Waals surface area contributed by atoms with Crippen LogP contribution in [-0.4, -0.2) is 37.0 Å². The average molecular weight is 683 g/mol. The molecule has 0 spiro atoms. The third-order valence-corrected chi connectivity index (χ3v) is 8.52. The van der Waals surface area contributed by atoms with Crippen LogP contribution in [0.1, 0.15) is 181 Å². The minimum atomic E-state index is -0.561. The summed E-state index contributed by atoms with van der Waals surface area (Å²) in [7, 11) is 0. The molecule has 4 nitrogen and oxygen atoms in total. The van der Waals surface area contributed by atoms with Gasteiger partial charge < -0.3 is 14.6 Å². The maximum atomic E-state index is 12.2. The van der Waals surface area contributed by atoms with Crippen molar-refractivity contribution in [3.8, 4) is 0 Å². The Bertz CT molecular complexity index is 850. The Kier molecular flexibility index (Phi) is 40.1. The van der Waals surface area contributed by atoms with Crippen LogP contribution in [0.25, 0.3) is 0 Å². The van der Waals surface area contributed by atoms with Crippen molar-refractivity contribution in [3.63, 3.8) is 0 Å². The second kappa shape index (κ2) is 42.0. The first kappa shape index (κ1) is 46.8. The third kappa shape index (κ3) is 40.1. The average Bonchev–Trinajstić information content (AvgIpc) is 3.11. The molecule has 0 aliphatic heterocycles. The summed E-state index contributed by atoms with van der Waals surface area (Å²) in [6, 6.07) is 0. The van der Waals surface area contributed by atoms with E-state index in [9.17, 15) is 9.90 Å². The number of carbonyl (C=O) groups excluding carboxylic acids is 1. The topological polar surface area (TPSA) is 55.8 Å². The maximum Gasteiger partial charge on any atom is 0.306 e. The standard InChI is InChI=1S/C45H78O4/c1-3-5-7-9-11-13-15-17-19-21-23-24-26-28-30-32-34-36-38-40-45(47)49-44(42-46)43-48-41-39-37-35-33-31-29-27-25-22-20-18-16-14-12-10-8-6-4-2/h6,8,12,14,17-20,25,27,31,33,44,46H,3-5,7,9-11,13,15-16,21-24,26,28-30,32,34-43H2,1-2H3/b8-6-,14-12-,19-17-,20-18-,27-25-,33-31-. The third-order valence-electron chi connectivity index (χ3n) is 8.52. The summed E-state index contributed by atoms with van der Waals surface area (Å²) in [5, 5.41) is 9.58. The lowest BCUT2D eigenvalue weighted by molar-refractivity contribution is -0.154. The van der Waals surface area contributed by atoms with Gasteiger partial charge in [0.15, 0.2) is 0 Å². The van der Waals surface area contributed by atoms with E-state index in [-0.39, 0.29) is 19.2 Å². The van der Waals surface area contributed by atoms with Crippen LogP contribution in [0, 0.1) is 0 Å². The van der Waals surface area contributed by atoms with Crippen molar-refractivity contribution in [3.05, 3.63) is 72.9 Å². The van der Waals surface area contributed by atoms with Gasteiger partial charge in [-0.25, -0.2) is 0 Å². The molecule has 1 N–H and O–H groups in total. The molecule has 0 bridgehead atoms. The Morgan fingerprint density at radius 1 is 0.510 bits per heavy atom. The van der Waals surface area contributed by atoms with Crippen LogP contribution in [0.5, 0.6) is 0 Å². The van der Waals surface area contributed by atoms with E-state index in [2.05, 4.69) is 86.8 Å². The van der Waals surface area contributed by atoms with Crippen LogP contribution in [0.2, 0.25) is 0 Å². The molecule has 0 aromatic heterocycles. The zero-order valence-corrected chi connectivity index (χ0v) is 32.2. The number of unbranched alkanes of at least 4 members (excludes halogenated alkanes) is 17. The normalized spacial score (nSPS) is 13.1. The predicted molar refractivity (Wildman–Crippen MR) is 214 cm³/mol. The Labute approximate surface area is 304 Å². The second-order valence-electron chi connectivity index (χ2n) is 13.3. The maximum absolute atomic E-state index is 12.2. The summed E-state index contributed by atoms with van der Waals surface area (Å²) < 4.78 is 11.1. The van der Waals surface area contributed by atoms with Gasteiger partial charge in [-0.1, -0.05) is 164 Å². The van der Waals surface area contributed by atoms with Gasteiger partial charge in [0, 0.05) is 13.0 Å². The van der Waals surface area contributed by atoms with Crippen molar-refractivity contribution in [2.45, 2.75) is 187 Å². The second-order valence-corrected chi connectivity index (χ2v) is 13.3. The zero-order chi connectivity index (χ0) is 35.6. The Morgan fingerprint density at radius 3 is 1.41 bits per heavy atom. The first-order valence-corrected chi connectivity index (χ1v) is 20.5. The molecule has 0 aromatic carbocycles. The van der Waals surface area contributed by atoms with Gasteiger partial charge >= 0.3 is 5.97 Å². The summed E-state index contributed by atoms with van der Waals surface area (Å²) in [6.07, 6.45) is 56.7. The number of esters is 1. The van der Waals surface area contributed by atoms with E-state index in [1.54, 1.807) is 0 Å². The Hall–Kier alpha value is -2.17. The SMILES string of the molecule is CC/C=C\C/C=C\C/C=C\C/C=C\C/C=C\CCCCOCC(CO)OC(=O)CCCCCCCCCCC/C=C\CCCCCCCC. The molecular formula is C45H78O4. The lowest BCUT2D eigenvalue weighted by atomic mass is 10.1. The number of carbonyl (C=O) groups is 1. The van der Waals surface area contributed by atoms with Crippen LogP contribution < -0.4 is 0 Å². The van der Waals surface area contributed by atoms with E-state index in [0.29, 0.717) is 13.0 Å². The molecular weight excluding hydrogens is 604 g/mol. The lowest BCUT2D eigenvalue weighted by Gasteiger charge is -2.15. The van der Waals surface area contributed by atoms with Crippen molar-refractivity contribution in [1.82, 2.24) is 0 Å². The van der Waals surface area contributed by atoms with E-state index in [0.717, 1.165) is 64.2 Å². The predicted octanol–water partition coefficient (Wildman–Crippen LogP) is 13.4. The first-order valence-electron chi connectivity index (χ1n) is 20.5. The van der Waals surface area contributed by atoms with Crippen LogP contribution >= 0.6 is 0 Å². The summed E-state index contributed by atoms with van der Waals surface area (Å²) >= 11 is 0. The summed E-state index contributed by atoms with van der Waals surface area (Å²) in [5.41, 5.74) is 0. The van der Waals surface area contributed by atoms with E-state index in [4.69, 9.17) is 9.47 Å². The van der Waals surface area contributed by atoms with E-state index in [1.807, 2.05) is 0 Å². The van der Waals surface area contributed by atoms with Gasteiger partial charge in [-0.15, -0.1) is 0 Å². The fraction of sp³-hybridized carbons (Fsp3) is 0.711. The molecule has 0 saturated carbocycles. The van der Waals surface area contributed by atoms with Gasteiger partial charge in [-0.2, -0.15) is 0 Å². The van der Waals surface area contributed by atoms with Crippen molar-refractivity contribution in [2.24, 2.45) is 0 Å². The molecule has 0 radical (unpaired) electrons. The molecule has 49 heavy (non-hydrogen) atoms. The molecule has 0 heterocycles. The summed E-state index contributed by atoms with van der Waals surface area (Å²) in [6.45, 7) is 5.12. The van der Waals surface area contributed by atoms with Crippen LogP contribution in [0.4, 0.5) is 0 Å². The minimum Gasteiger partial charge on any atom is -0.457 e. The van der Waals surface area contributed by atoms with E-state index in [1.165, 1.54) is 96.3 Å². The molecule has 0 amide bonds. The van der Waals surface area contributed by atoms with E-state index >= 15 is 0 Å². The highest BCUT2D eigenvalue weighted by molar-refractivity contribution is 5.69. The molecule has 4 heteroatoms. The molecule has 0 rings (SSSR count). The van der Waals surface area contributed by atoms with Crippen molar-refractivity contribution >= 4 is 5.97 Å². The molecule has 0 aliphatic carbocycles. The Balaban J connectivity index is 3.53. The summed E-state index contributed by atoms with van der Waals surface area (Å²) in [5.74, 6) is -0.220. The smallest absolute Gasteiger partial charge is 0.306 e. The molecule has 1 atom stereocenters. The largest absolute Gasteiger partial charge is 0.457 e. The van der Waals surface area contributed by atoms with Crippen molar-refractivity contribution < 1.29 is 19.4 Å². The zero-order valence-electron chi connectivity index (χ0n) is 32.2. The van der Waals surface area contributed by atoms with Crippen LogP contribution in [0.15, 0.2) is 72.9 Å².